The lowest BCUT2D eigenvalue weighted by Gasteiger charge is -2.35. The summed E-state index contributed by atoms with van der Waals surface area (Å²) < 4.78 is 17.2. The summed E-state index contributed by atoms with van der Waals surface area (Å²) in [4.78, 5) is 34.2. The third-order valence-corrected chi connectivity index (χ3v) is 5.67. The summed E-state index contributed by atoms with van der Waals surface area (Å²) in [5.74, 6) is -1.52. The van der Waals surface area contributed by atoms with Crippen LogP contribution in [-0.4, -0.2) is 47.4 Å². The van der Waals surface area contributed by atoms with E-state index >= 15 is 0 Å². The van der Waals surface area contributed by atoms with Gasteiger partial charge in [0.1, 0.15) is 17.8 Å². The molecule has 1 saturated heterocycles. The van der Waals surface area contributed by atoms with Crippen molar-refractivity contribution in [3.8, 4) is 0 Å². The van der Waals surface area contributed by atoms with E-state index in [2.05, 4.69) is 13.0 Å². The summed E-state index contributed by atoms with van der Waals surface area (Å²) >= 11 is 0. The number of carbonyl (C=O) groups excluding carboxylic acids is 2. The molecule has 1 heterocycles. The van der Waals surface area contributed by atoms with Gasteiger partial charge in [0.25, 0.3) is 0 Å². The number of esters is 2. The fourth-order valence-electron chi connectivity index (χ4n) is 3.87. The van der Waals surface area contributed by atoms with Crippen LogP contribution in [0, 0.1) is 5.92 Å². The van der Waals surface area contributed by atoms with Crippen LogP contribution >= 0.6 is 0 Å². The number of hydrogen-bond acceptors (Lipinski definition) is 6. The third-order valence-electron chi connectivity index (χ3n) is 5.67. The first-order valence-corrected chi connectivity index (χ1v) is 11.0. The van der Waals surface area contributed by atoms with Gasteiger partial charge in [0.05, 0.1) is 6.61 Å². The van der Waals surface area contributed by atoms with Crippen LogP contribution in [0.5, 0.6) is 0 Å². The minimum absolute atomic E-state index is 0.156. The van der Waals surface area contributed by atoms with Crippen molar-refractivity contribution in [3.05, 3.63) is 23.3 Å². The number of allylic oxidation sites excluding steroid dienone is 1. The van der Waals surface area contributed by atoms with Gasteiger partial charge in [0.15, 0.2) is 0 Å². The summed E-state index contributed by atoms with van der Waals surface area (Å²) in [5.41, 5.74) is 1.15. The van der Waals surface area contributed by atoms with Gasteiger partial charge >= 0.3 is 17.9 Å². The van der Waals surface area contributed by atoms with Gasteiger partial charge in [-0.15, -0.1) is 0 Å². The number of rotatable bonds is 10. The number of carbonyl (C=O) groups is 3. The Labute approximate surface area is 185 Å². The molecule has 1 aliphatic rings. The van der Waals surface area contributed by atoms with Crippen LogP contribution in [0.2, 0.25) is 0 Å². The first kappa shape index (κ1) is 26.9. The van der Waals surface area contributed by atoms with E-state index in [0.29, 0.717) is 31.3 Å². The molecule has 0 bridgehead atoms. The fraction of sp³-hybridized carbons (Fsp3) is 0.708. The number of carboxylic acids is 1. The van der Waals surface area contributed by atoms with Crippen LogP contribution < -0.4 is 0 Å². The monoisotopic (exact) mass is 438 g/mol. The lowest BCUT2D eigenvalue weighted by molar-refractivity contribution is -0.167. The van der Waals surface area contributed by atoms with Crippen molar-refractivity contribution in [2.45, 2.75) is 97.9 Å². The Morgan fingerprint density at radius 3 is 2.45 bits per heavy atom. The zero-order valence-electron chi connectivity index (χ0n) is 19.7. The number of aliphatic carboxylic acids is 1. The molecule has 0 spiro atoms. The van der Waals surface area contributed by atoms with Crippen molar-refractivity contribution in [2.75, 3.05) is 6.61 Å². The van der Waals surface area contributed by atoms with Crippen molar-refractivity contribution in [2.24, 2.45) is 5.92 Å². The average molecular weight is 439 g/mol. The van der Waals surface area contributed by atoms with E-state index in [1.807, 2.05) is 20.8 Å². The molecular formula is C24H38O7. The number of ether oxygens (including phenoxy) is 3. The molecule has 176 valence electrons. The fourth-order valence-corrected chi connectivity index (χ4v) is 3.87. The van der Waals surface area contributed by atoms with Gasteiger partial charge in [-0.3, -0.25) is 9.59 Å². The average Bonchev–Trinajstić information content (AvgIpc) is 2.78. The van der Waals surface area contributed by atoms with E-state index in [1.165, 1.54) is 25.5 Å². The Morgan fingerprint density at radius 1 is 1.23 bits per heavy atom. The zero-order valence-corrected chi connectivity index (χ0v) is 19.7. The van der Waals surface area contributed by atoms with Crippen LogP contribution in [0.4, 0.5) is 0 Å². The van der Waals surface area contributed by atoms with E-state index in [4.69, 9.17) is 19.3 Å². The van der Waals surface area contributed by atoms with Crippen molar-refractivity contribution in [3.63, 3.8) is 0 Å². The van der Waals surface area contributed by atoms with Crippen molar-refractivity contribution < 1.29 is 33.7 Å². The minimum Gasteiger partial charge on any atom is -0.478 e. The highest BCUT2D eigenvalue weighted by atomic mass is 16.6. The van der Waals surface area contributed by atoms with Gasteiger partial charge in [0.2, 0.25) is 0 Å². The molecule has 1 rings (SSSR count). The van der Waals surface area contributed by atoms with E-state index in [9.17, 15) is 14.4 Å². The molecular weight excluding hydrogens is 400 g/mol. The second-order valence-electron chi connectivity index (χ2n) is 8.91. The second-order valence-corrected chi connectivity index (χ2v) is 8.91. The molecule has 0 amide bonds. The predicted octanol–water partition coefficient (Wildman–Crippen LogP) is 4.59. The normalized spacial score (nSPS) is 24.6. The molecule has 7 heteroatoms. The largest absolute Gasteiger partial charge is 0.478 e. The Kier molecular flexibility index (Phi) is 11.0. The maximum atomic E-state index is 11.6. The lowest BCUT2D eigenvalue weighted by Crippen LogP contribution is -2.43. The Bertz CT molecular complexity index is 690. The lowest BCUT2D eigenvalue weighted by atomic mass is 9.86. The molecule has 7 nitrogen and oxygen atoms in total. The van der Waals surface area contributed by atoms with Crippen LogP contribution in [0.1, 0.15) is 80.1 Å². The molecule has 1 N–H and O–H groups in total. The highest BCUT2D eigenvalue weighted by Crippen LogP contribution is 2.34. The van der Waals surface area contributed by atoms with Crippen LogP contribution in [0.3, 0.4) is 0 Å². The van der Waals surface area contributed by atoms with Gasteiger partial charge in [-0.05, 0) is 57.9 Å². The van der Waals surface area contributed by atoms with Gasteiger partial charge in [-0.25, -0.2) is 4.79 Å². The highest BCUT2D eigenvalue weighted by Gasteiger charge is 2.39. The van der Waals surface area contributed by atoms with Gasteiger partial charge < -0.3 is 19.3 Å². The third kappa shape index (κ3) is 10.1. The molecule has 0 saturated carbocycles. The molecule has 31 heavy (non-hydrogen) atoms. The maximum Gasteiger partial charge on any atom is 0.328 e. The SMILES string of the molecule is CC(=O)OC(CC=C(C)C)C(C)CCC[C@]1(C)OC/C(=C/C(=O)O)CC[C@H]1OC(C)=O. The summed E-state index contributed by atoms with van der Waals surface area (Å²) in [6, 6.07) is 0. The summed E-state index contributed by atoms with van der Waals surface area (Å²) in [6.45, 7) is 11.0. The zero-order chi connectivity index (χ0) is 23.6. The van der Waals surface area contributed by atoms with Crippen molar-refractivity contribution >= 4 is 17.9 Å². The number of carboxylic acid groups (broad SMARTS) is 1. The summed E-state index contributed by atoms with van der Waals surface area (Å²) in [6.07, 6.45) is 6.56. The van der Waals surface area contributed by atoms with Gasteiger partial charge in [0, 0.05) is 26.3 Å². The molecule has 0 aromatic carbocycles. The predicted molar refractivity (Wildman–Crippen MR) is 117 cm³/mol. The molecule has 0 aromatic heterocycles. The van der Waals surface area contributed by atoms with E-state index in [0.717, 1.165) is 12.8 Å². The Morgan fingerprint density at radius 2 is 1.90 bits per heavy atom. The van der Waals surface area contributed by atoms with Crippen molar-refractivity contribution in [1.82, 2.24) is 0 Å². The molecule has 0 aromatic rings. The van der Waals surface area contributed by atoms with Crippen molar-refractivity contribution in [1.29, 1.82) is 0 Å². The molecule has 4 atom stereocenters. The standard InChI is InChI=1S/C24H38O7/c1-16(2)9-11-21(30-18(4)25)17(3)8-7-13-24(6)22(31-19(5)26)12-10-20(15-29-24)14-23(27)28/h9,14,17,21-22H,7-8,10-13,15H2,1-6H3,(H,27,28)/b20-14+/t17?,21?,22-,24+/m1/s1. The van der Waals surface area contributed by atoms with E-state index < -0.39 is 17.7 Å². The Balaban J connectivity index is 2.82. The maximum absolute atomic E-state index is 11.6. The first-order valence-electron chi connectivity index (χ1n) is 11.0. The van der Waals surface area contributed by atoms with E-state index in [-0.39, 0.29) is 30.6 Å². The summed E-state index contributed by atoms with van der Waals surface area (Å²) in [7, 11) is 0. The smallest absolute Gasteiger partial charge is 0.328 e. The van der Waals surface area contributed by atoms with Crippen LogP contribution in [0.25, 0.3) is 0 Å². The van der Waals surface area contributed by atoms with Crippen LogP contribution in [0.15, 0.2) is 23.3 Å². The van der Waals surface area contributed by atoms with Crippen LogP contribution in [-0.2, 0) is 28.6 Å². The molecule has 0 aliphatic carbocycles. The highest BCUT2D eigenvalue weighted by molar-refractivity contribution is 5.80. The van der Waals surface area contributed by atoms with Gasteiger partial charge in [-0.1, -0.05) is 25.0 Å². The second kappa shape index (κ2) is 12.6. The molecule has 1 fully saturated rings. The Hall–Kier alpha value is -2.15. The number of hydrogen-bond donors (Lipinski definition) is 1. The quantitative estimate of drug-likeness (QED) is 0.302. The van der Waals surface area contributed by atoms with E-state index in [1.54, 1.807) is 0 Å². The first-order chi connectivity index (χ1) is 14.4. The topological polar surface area (TPSA) is 99.1 Å². The summed E-state index contributed by atoms with van der Waals surface area (Å²) in [5, 5.41) is 9.04. The molecule has 2 unspecified atom stereocenters. The minimum atomic E-state index is -1.01. The molecule has 0 radical (unpaired) electrons. The molecule has 1 aliphatic heterocycles. The van der Waals surface area contributed by atoms with Gasteiger partial charge in [-0.2, -0.15) is 0 Å².